The zero-order valence-corrected chi connectivity index (χ0v) is 18.2. The molecule has 3 fully saturated rings. The molecule has 11 heteroatoms. The van der Waals surface area contributed by atoms with Gasteiger partial charge in [-0.15, -0.1) is 10.2 Å². The zero-order chi connectivity index (χ0) is 23.4. The van der Waals surface area contributed by atoms with Gasteiger partial charge in [-0.3, -0.25) is 4.21 Å². The van der Waals surface area contributed by atoms with Crippen molar-refractivity contribution in [2.24, 2.45) is 12.5 Å². The van der Waals surface area contributed by atoms with Crippen molar-refractivity contribution in [3.05, 3.63) is 35.7 Å². The maximum absolute atomic E-state index is 13.5. The van der Waals surface area contributed by atoms with Crippen molar-refractivity contribution in [1.82, 2.24) is 14.8 Å². The summed E-state index contributed by atoms with van der Waals surface area (Å²) in [4.78, 5) is 0. The first-order chi connectivity index (χ1) is 14.9. The van der Waals surface area contributed by atoms with E-state index in [9.17, 15) is 30.6 Å². The Balaban J connectivity index is 1.55. The first-order valence-corrected chi connectivity index (χ1v) is 11.7. The van der Waals surface area contributed by atoms with Gasteiger partial charge in [-0.25, -0.2) is 0 Å². The Bertz CT molecular complexity index is 1000. The Morgan fingerprint density at radius 1 is 0.969 bits per heavy atom. The van der Waals surface area contributed by atoms with Gasteiger partial charge in [-0.05, 0) is 56.4 Å². The van der Waals surface area contributed by atoms with Crippen molar-refractivity contribution in [2.45, 2.75) is 62.0 Å². The molecular weight excluding hydrogens is 456 g/mol. The van der Waals surface area contributed by atoms with Crippen molar-refractivity contribution < 1.29 is 30.6 Å². The van der Waals surface area contributed by atoms with Gasteiger partial charge < -0.3 is 4.57 Å². The van der Waals surface area contributed by atoms with Crippen molar-refractivity contribution >= 4 is 10.8 Å². The Kier molecular flexibility index (Phi) is 5.70. The number of hydrogen-bond donors (Lipinski definition) is 0. The molecule has 0 spiro atoms. The molecule has 1 unspecified atom stereocenters. The van der Waals surface area contributed by atoms with E-state index in [1.54, 1.807) is 11.6 Å². The van der Waals surface area contributed by atoms with Crippen LogP contribution in [0.5, 0.6) is 0 Å². The number of aromatic nitrogens is 3. The lowest BCUT2D eigenvalue weighted by Gasteiger charge is -2.53. The highest BCUT2D eigenvalue weighted by atomic mass is 32.2. The van der Waals surface area contributed by atoms with Gasteiger partial charge in [-0.1, -0.05) is 18.2 Å². The molecule has 3 aliphatic rings. The monoisotopic (exact) mass is 479 g/mol. The second-order valence-electron chi connectivity index (χ2n) is 8.98. The van der Waals surface area contributed by atoms with Crippen molar-refractivity contribution in [2.75, 3.05) is 5.75 Å². The van der Waals surface area contributed by atoms with Crippen LogP contribution in [0, 0.1) is 5.41 Å². The predicted octanol–water partition coefficient (Wildman–Crippen LogP) is 5.75. The number of hydrogen-bond acceptors (Lipinski definition) is 3. The molecule has 3 aliphatic carbocycles. The lowest BCUT2D eigenvalue weighted by Crippen LogP contribution is -2.46. The topological polar surface area (TPSA) is 47.8 Å². The van der Waals surface area contributed by atoms with E-state index in [4.69, 9.17) is 0 Å². The maximum atomic E-state index is 13.5. The largest absolute Gasteiger partial charge is 0.471 e. The quantitative estimate of drug-likeness (QED) is 0.513. The molecule has 1 heterocycles. The van der Waals surface area contributed by atoms with Crippen LogP contribution in [-0.4, -0.2) is 30.2 Å². The minimum atomic E-state index is -4.69. The van der Waals surface area contributed by atoms with Crippen LogP contribution < -0.4 is 0 Å². The molecule has 2 aromatic rings. The van der Waals surface area contributed by atoms with Crippen LogP contribution in [0.2, 0.25) is 0 Å². The molecule has 0 radical (unpaired) electrons. The molecule has 1 aromatic heterocycles. The number of halogens is 6. The number of rotatable bonds is 5. The summed E-state index contributed by atoms with van der Waals surface area (Å²) in [6.45, 7) is 0. The van der Waals surface area contributed by atoms with Gasteiger partial charge in [0.05, 0.1) is 5.56 Å². The number of benzene rings is 1. The van der Waals surface area contributed by atoms with E-state index in [1.807, 2.05) is 0 Å². The summed E-state index contributed by atoms with van der Waals surface area (Å²) < 4.78 is 91.3. The summed E-state index contributed by atoms with van der Waals surface area (Å²) in [6, 6.07) is 5.25. The highest BCUT2D eigenvalue weighted by Crippen LogP contribution is 2.59. The number of nitrogens with zero attached hydrogens (tertiary/aromatic N) is 3. The standard InChI is InChI=1S/C21H23F6N3OS/c1-30-16(14-4-2-3-5-15(14)20(22,23)24)28-29-17(30)19-9-6-18(7-10-19,8-11-19)12-13-32(31)21(25,26)27/h2-5H,6-13H2,1H3. The van der Waals surface area contributed by atoms with E-state index in [-0.39, 0.29) is 28.6 Å². The summed E-state index contributed by atoms with van der Waals surface area (Å²) in [5.74, 6) is 0.376. The van der Waals surface area contributed by atoms with Crippen LogP contribution in [0.1, 0.15) is 56.3 Å². The van der Waals surface area contributed by atoms with Crippen molar-refractivity contribution in [3.8, 4) is 11.4 Å². The highest BCUT2D eigenvalue weighted by Gasteiger charge is 2.52. The van der Waals surface area contributed by atoms with Crippen LogP contribution in [0.4, 0.5) is 26.3 Å². The van der Waals surface area contributed by atoms with E-state index >= 15 is 0 Å². The molecule has 5 rings (SSSR count). The molecule has 3 saturated carbocycles. The van der Waals surface area contributed by atoms with E-state index in [0.717, 1.165) is 6.07 Å². The summed E-state index contributed by atoms with van der Waals surface area (Å²) in [5.41, 5.74) is -6.10. The van der Waals surface area contributed by atoms with Gasteiger partial charge in [0.2, 0.25) is 0 Å². The highest BCUT2D eigenvalue weighted by molar-refractivity contribution is 7.85. The van der Waals surface area contributed by atoms with Crippen molar-refractivity contribution in [1.29, 1.82) is 0 Å². The van der Waals surface area contributed by atoms with Crippen LogP contribution in [0.15, 0.2) is 24.3 Å². The van der Waals surface area contributed by atoms with Gasteiger partial charge >= 0.3 is 11.7 Å². The molecule has 0 saturated heterocycles. The molecule has 1 aromatic carbocycles. The molecule has 0 amide bonds. The predicted molar refractivity (Wildman–Crippen MR) is 107 cm³/mol. The summed E-state index contributed by atoms with van der Waals surface area (Å²) >= 11 is 0. The minimum Gasteiger partial charge on any atom is -0.314 e. The molecule has 32 heavy (non-hydrogen) atoms. The first kappa shape index (κ1) is 23.3. The van der Waals surface area contributed by atoms with Crippen LogP contribution in [-0.2, 0) is 29.4 Å². The number of alkyl halides is 6. The average molecular weight is 479 g/mol. The minimum absolute atomic E-state index is 0.0340. The van der Waals surface area contributed by atoms with Crippen LogP contribution in [0.25, 0.3) is 11.4 Å². The van der Waals surface area contributed by atoms with Gasteiger partial charge in [0.25, 0.3) is 0 Å². The maximum Gasteiger partial charge on any atom is 0.471 e. The van der Waals surface area contributed by atoms with E-state index < -0.39 is 33.8 Å². The lowest BCUT2D eigenvalue weighted by molar-refractivity contribution is -0.137. The average Bonchev–Trinajstić information content (AvgIpc) is 3.14. The lowest BCUT2D eigenvalue weighted by atomic mass is 9.52. The zero-order valence-electron chi connectivity index (χ0n) is 17.4. The third kappa shape index (κ3) is 4.08. The Hall–Kier alpha value is -1.91. The molecule has 2 bridgehead atoms. The second-order valence-corrected chi connectivity index (χ2v) is 10.5. The normalized spacial score (nSPS) is 27.0. The fraction of sp³-hybridized carbons (Fsp3) is 0.619. The van der Waals surface area contributed by atoms with Crippen LogP contribution >= 0.6 is 0 Å². The third-order valence-corrected chi connectivity index (χ3v) is 8.39. The fourth-order valence-corrected chi connectivity index (χ4v) is 6.20. The Labute approximate surface area is 183 Å². The summed E-state index contributed by atoms with van der Waals surface area (Å²) in [7, 11) is -1.18. The van der Waals surface area contributed by atoms with Gasteiger partial charge in [0, 0.05) is 23.8 Å². The third-order valence-electron chi connectivity index (χ3n) is 7.30. The molecule has 0 N–H and O–H groups in total. The summed E-state index contributed by atoms with van der Waals surface area (Å²) in [5, 5.41) is 8.38. The first-order valence-electron chi connectivity index (χ1n) is 10.4. The second kappa shape index (κ2) is 7.85. The SMILES string of the molecule is Cn1c(-c2ccccc2C(F)(F)F)nnc1C12CCC(CCS(=O)C(F)(F)F)(CC1)CC2. The van der Waals surface area contributed by atoms with E-state index in [0.29, 0.717) is 44.3 Å². The Morgan fingerprint density at radius 3 is 2.12 bits per heavy atom. The molecule has 0 aliphatic heterocycles. The Morgan fingerprint density at radius 2 is 1.56 bits per heavy atom. The van der Waals surface area contributed by atoms with Gasteiger partial charge in [-0.2, -0.15) is 26.3 Å². The van der Waals surface area contributed by atoms with Gasteiger partial charge in [0.15, 0.2) is 5.82 Å². The van der Waals surface area contributed by atoms with Crippen LogP contribution in [0.3, 0.4) is 0 Å². The molecule has 4 nitrogen and oxygen atoms in total. The van der Waals surface area contributed by atoms with Crippen molar-refractivity contribution in [3.63, 3.8) is 0 Å². The molecular formula is C21H23F6N3OS. The fourth-order valence-electron chi connectivity index (χ4n) is 5.35. The van der Waals surface area contributed by atoms with Gasteiger partial charge in [0.1, 0.15) is 16.6 Å². The van der Waals surface area contributed by atoms with E-state index in [2.05, 4.69) is 10.2 Å². The molecule has 1 atom stereocenters. The smallest absolute Gasteiger partial charge is 0.314 e. The summed E-state index contributed by atoms with van der Waals surface area (Å²) in [6.07, 6.45) is -0.170. The van der Waals surface area contributed by atoms with E-state index in [1.165, 1.54) is 18.2 Å². The molecule has 176 valence electrons. The number of fused-ring (bicyclic) bond motifs is 3.